The lowest BCUT2D eigenvalue weighted by Gasteiger charge is -2.34. The lowest BCUT2D eigenvalue weighted by molar-refractivity contribution is 0.0747. The largest absolute Gasteiger partial charge is 0.345 e. The minimum Gasteiger partial charge on any atom is -0.345 e. The molecule has 0 unspecified atom stereocenters. The van der Waals surface area contributed by atoms with Crippen LogP contribution in [0.15, 0.2) is 36.4 Å². The van der Waals surface area contributed by atoms with Crippen LogP contribution in [0.3, 0.4) is 0 Å². The number of nitrogens with zero attached hydrogens (tertiary/aromatic N) is 3. The third kappa shape index (κ3) is 3.71. The molecule has 2 aromatic carbocycles. The molecule has 0 aliphatic carbocycles. The van der Waals surface area contributed by atoms with Gasteiger partial charge in [-0.15, -0.1) is 0 Å². The standard InChI is InChI=1S/C21H21Cl2N3OS/c1-13(2)15-4-3-5-18-19(15)24-21(28-18)26-10-8-25(9-11-26)20(27)16-7-6-14(22)12-17(16)23/h3-7,12-13H,8-11H2,1-2H3. The molecule has 4 nitrogen and oxygen atoms in total. The first-order chi connectivity index (χ1) is 13.4. The van der Waals surface area contributed by atoms with Crippen LogP contribution >= 0.6 is 34.5 Å². The molecule has 0 saturated carbocycles. The van der Waals surface area contributed by atoms with Gasteiger partial charge in [-0.05, 0) is 35.7 Å². The Kier molecular flexibility index (Phi) is 5.50. The molecule has 0 spiro atoms. The maximum absolute atomic E-state index is 12.8. The molecule has 146 valence electrons. The fourth-order valence-corrected chi connectivity index (χ4v) is 5.03. The average molecular weight is 434 g/mol. The number of piperazine rings is 1. The fourth-order valence-electron chi connectivity index (χ4n) is 3.49. The van der Waals surface area contributed by atoms with E-state index in [9.17, 15) is 4.79 Å². The highest BCUT2D eigenvalue weighted by molar-refractivity contribution is 7.22. The Morgan fingerprint density at radius 1 is 1.11 bits per heavy atom. The van der Waals surface area contributed by atoms with Crippen molar-refractivity contribution in [2.45, 2.75) is 19.8 Å². The number of aromatic nitrogens is 1. The van der Waals surface area contributed by atoms with Crippen LogP contribution in [-0.2, 0) is 0 Å². The minimum absolute atomic E-state index is 0.0484. The van der Waals surface area contributed by atoms with Crippen molar-refractivity contribution in [2.75, 3.05) is 31.1 Å². The van der Waals surface area contributed by atoms with Crippen LogP contribution in [0.4, 0.5) is 5.13 Å². The van der Waals surface area contributed by atoms with E-state index in [2.05, 4.69) is 36.9 Å². The summed E-state index contributed by atoms with van der Waals surface area (Å²) in [5.41, 5.74) is 2.89. The lowest BCUT2D eigenvalue weighted by Crippen LogP contribution is -2.48. The van der Waals surface area contributed by atoms with Crippen molar-refractivity contribution in [3.05, 3.63) is 57.6 Å². The molecule has 1 amide bonds. The zero-order valence-corrected chi connectivity index (χ0v) is 18.1. The zero-order chi connectivity index (χ0) is 19.8. The summed E-state index contributed by atoms with van der Waals surface area (Å²) in [6.07, 6.45) is 0. The highest BCUT2D eigenvalue weighted by Gasteiger charge is 2.25. The first-order valence-electron chi connectivity index (χ1n) is 9.33. The number of amides is 1. The summed E-state index contributed by atoms with van der Waals surface area (Å²) in [7, 11) is 0. The smallest absolute Gasteiger partial charge is 0.255 e. The second-order valence-corrected chi connectivity index (χ2v) is 9.10. The molecule has 0 N–H and O–H groups in total. The van der Waals surface area contributed by atoms with Gasteiger partial charge in [-0.1, -0.05) is 60.5 Å². The maximum atomic E-state index is 12.8. The first kappa shape index (κ1) is 19.5. The molecule has 1 fully saturated rings. The Morgan fingerprint density at radius 3 is 2.54 bits per heavy atom. The van der Waals surface area contributed by atoms with Gasteiger partial charge in [0.25, 0.3) is 5.91 Å². The zero-order valence-electron chi connectivity index (χ0n) is 15.8. The molecule has 1 aromatic heterocycles. The topological polar surface area (TPSA) is 36.4 Å². The molecule has 7 heteroatoms. The van der Waals surface area contributed by atoms with Crippen molar-refractivity contribution < 1.29 is 4.79 Å². The fraction of sp³-hybridized carbons (Fsp3) is 0.333. The van der Waals surface area contributed by atoms with E-state index in [-0.39, 0.29) is 5.91 Å². The van der Waals surface area contributed by atoms with Crippen molar-refractivity contribution in [3.8, 4) is 0 Å². The van der Waals surface area contributed by atoms with Gasteiger partial charge in [-0.2, -0.15) is 0 Å². The summed E-state index contributed by atoms with van der Waals surface area (Å²) < 4.78 is 1.22. The van der Waals surface area contributed by atoms with Gasteiger partial charge in [-0.3, -0.25) is 4.79 Å². The van der Waals surface area contributed by atoms with Crippen molar-refractivity contribution in [3.63, 3.8) is 0 Å². The van der Waals surface area contributed by atoms with Crippen LogP contribution in [0.5, 0.6) is 0 Å². The lowest BCUT2D eigenvalue weighted by atomic mass is 10.0. The molecule has 0 atom stereocenters. The molecular formula is C21H21Cl2N3OS. The van der Waals surface area contributed by atoms with Gasteiger partial charge in [0, 0.05) is 31.2 Å². The number of carbonyl (C=O) groups is 1. The summed E-state index contributed by atoms with van der Waals surface area (Å²) >= 11 is 13.9. The summed E-state index contributed by atoms with van der Waals surface area (Å²) in [6.45, 7) is 7.19. The number of thiazole rings is 1. The molecule has 1 aliphatic rings. The Morgan fingerprint density at radius 2 is 1.86 bits per heavy atom. The summed E-state index contributed by atoms with van der Waals surface area (Å²) in [5.74, 6) is 0.393. The van der Waals surface area contributed by atoms with E-state index in [0.29, 0.717) is 34.6 Å². The minimum atomic E-state index is -0.0484. The number of hydrogen-bond acceptors (Lipinski definition) is 4. The monoisotopic (exact) mass is 433 g/mol. The average Bonchev–Trinajstić information content (AvgIpc) is 3.11. The third-order valence-corrected chi connectivity index (χ3v) is 6.69. The Balaban J connectivity index is 1.49. The van der Waals surface area contributed by atoms with E-state index < -0.39 is 0 Å². The second-order valence-electron chi connectivity index (χ2n) is 7.25. The number of fused-ring (bicyclic) bond motifs is 1. The normalized spacial score (nSPS) is 14.9. The SMILES string of the molecule is CC(C)c1cccc2sc(N3CCN(C(=O)c4ccc(Cl)cc4Cl)CC3)nc12. The summed E-state index contributed by atoms with van der Waals surface area (Å²) in [6, 6.07) is 11.4. The van der Waals surface area contributed by atoms with Gasteiger partial charge >= 0.3 is 0 Å². The van der Waals surface area contributed by atoms with Gasteiger partial charge in [0.15, 0.2) is 5.13 Å². The molecule has 1 aliphatic heterocycles. The first-order valence-corrected chi connectivity index (χ1v) is 10.9. The quantitative estimate of drug-likeness (QED) is 0.532. The number of carbonyl (C=O) groups excluding carboxylic acids is 1. The molecule has 28 heavy (non-hydrogen) atoms. The van der Waals surface area contributed by atoms with Crippen LogP contribution in [-0.4, -0.2) is 42.0 Å². The molecule has 2 heterocycles. The Bertz CT molecular complexity index is 1030. The van der Waals surface area contributed by atoms with E-state index >= 15 is 0 Å². The predicted octanol–water partition coefficient (Wildman–Crippen LogP) is 5.69. The van der Waals surface area contributed by atoms with Gasteiger partial charge in [0.2, 0.25) is 0 Å². The molecule has 1 saturated heterocycles. The molecule has 0 radical (unpaired) electrons. The van der Waals surface area contributed by atoms with Crippen molar-refractivity contribution in [2.24, 2.45) is 0 Å². The number of benzene rings is 2. The van der Waals surface area contributed by atoms with Crippen molar-refractivity contribution in [1.29, 1.82) is 0 Å². The van der Waals surface area contributed by atoms with E-state index in [0.717, 1.165) is 23.7 Å². The van der Waals surface area contributed by atoms with Crippen LogP contribution in [0, 0.1) is 0 Å². The van der Waals surface area contributed by atoms with E-state index in [4.69, 9.17) is 28.2 Å². The Hall–Kier alpha value is -1.82. The van der Waals surface area contributed by atoms with Crippen LogP contribution < -0.4 is 4.90 Å². The second kappa shape index (κ2) is 7.90. The predicted molar refractivity (Wildman–Crippen MR) is 118 cm³/mol. The van der Waals surface area contributed by atoms with Gasteiger partial charge in [0.05, 0.1) is 20.8 Å². The van der Waals surface area contributed by atoms with Gasteiger partial charge in [-0.25, -0.2) is 4.98 Å². The van der Waals surface area contributed by atoms with E-state index in [1.807, 2.05) is 4.90 Å². The molecule has 3 aromatic rings. The number of rotatable bonds is 3. The summed E-state index contributed by atoms with van der Waals surface area (Å²) in [4.78, 5) is 21.8. The number of hydrogen-bond donors (Lipinski definition) is 0. The van der Waals surface area contributed by atoms with Gasteiger partial charge in [0.1, 0.15) is 0 Å². The number of para-hydroxylation sites is 1. The van der Waals surface area contributed by atoms with E-state index in [1.54, 1.807) is 29.5 Å². The van der Waals surface area contributed by atoms with Crippen molar-refractivity contribution >= 4 is 55.8 Å². The summed E-state index contributed by atoms with van der Waals surface area (Å²) in [5, 5.41) is 1.95. The number of anilines is 1. The van der Waals surface area contributed by atoms with E-state index in [1.165, 1.54) is 10.3 Å². The van der Waals surface area contributed by atoms with Crippen LogP contribution in [0.25, 0.3) is 10.2 Å². The van der Waals surface area contributed by atoms with Crippen molar-refractivity contribution in [1.82, 2.24) is 9.88 Å². The molecule has 4 rings (SSSR count). The maximum Gasteiger partial charge on any atom is 0.255 e. The molecule has 0 bridgehead atoms. The molecular weight excluding hydrogens is 413 g/mol. The number of halogens is 2. The highest BCUT2D eigenvalue weighted by atomic mass is 35.5. The van der Waals surface area contributed by atoms with Crippen LogP contribution in [0.1, 0.15) is 35.7 Å². The Labute approximate surface area is 178 Å². The van der Waals surface area contributed by atoms with Gasteiger partial charge < -0.3 is 9.80 Å². The third-order valence-electron chi connectivity index (χ3n) is 5.06. The van der Waals surface area contributed by atoms with Crippen LogP contribution in [0.2, 0.25) is 10.0 Å². The highest BCUT2D eigenvalue weighted by Crippen LogP contribution is 2.34.